The molecule has 1 aromatic rings. The van der Waals surface area contributed by atoms with E-state index in [4.69, 9.17) is 9.31 Å². The average molecular weight is 311 g/mol. The van der Waals surface area contributed by atoms with Crippen molar-refractivity contribution in [2.45, 2.75) is 52.2 Å². The Hall–Kier alpha value is -0.315. The Balaban J connectivity index is 2.30. The molecule has 1 saturated heterocycles. The van der Waals surface area contributed by atoms with Crippen molar-refractivity contribution in [2.75, 3.05) is 0 Å². The van der Waals surface area contributed by atoms with E-state index in [1.54, 1.807) is 0 Å². The highest BCUT2D eigenvalue weighted by molar-refractivity contribution is 9.10. The van der Waals surface area contributed by atoms with Crippen molar-refractivity contribution in [1.82, 2.24) is 0 Å². The summed E-state index contributed by atoms with van der Waals surface area (Å²) in [4.78, 5) is 0. The van der Waals surface area contributed by atoms with Gasteiger partial charge in [0.25, 0.3) is 0 Å². The Morgan fingerprint density at radius 1 is 1.11 bits per heavy atom. The lowest BCUT2D eigenvalue weighted by Crippen LogP contribution is -2.41. The first-order valence-electron chi connectivity index (χ1n) is 6.41. The van der Waals surface area contributed by atoms with Gasteiger partial charge in [-0.05, 0) is 51.2 Å². The molecule has 0 bridgehead atoms. The molecule has 0 atom stereocenters. The van der Waals surface area contributed by atoms with Gasteiger partial charge in [-0.2, -0.15) is 0 Å². The van der Waals surface area contributed by atoms with Gasteiger partial charge >= 0.3 is 7.12 Å². The van der Waals surface area contributed by atoms with Gasteiger partial charge in [-0.15, -0.1) is 0 Å². The molecule has 98 valence electrons. The zero-order chi connectivity index (χ0) is 13.6. The molecule has 1 aliphatic heterocycles. The van der Waals surface area contributed by atoms with E-state index in [0.717, 1.165) is 16.4 Å². The molecule has 0 amide bonds. The van der Waals surface area contributed by atoms with E-state index in [0.29, 0.717) is 0 Å². The number of halogens is 1. The summed E-state index contributed by atoms with van der Waals surface area (Å²) in [5.41, 5.74) is 1.81. The largest absolute Gasteiger partial charge is 0.494 e. The minimum atomic E-state index is -0.281. The van der Waals surface area contributed by atoms with Crippen LogP contribution in [0.25, 0.3) is 0 Å². The summed E-state index contributed by atoms with van der Waals surface area (Å²) >= 11 is 3.56. The first-order valence-corrected chi connectivity index (χ1v) is 7.20. The van der Waals surface area contributed by atoms with Crippen LogP contribution in [-0.2, 0) is 15.7 Å². The molecule has 0 aliphatic carbocycles. The summed E-state index contributed by atoms with van der Waals surface area (Å²) in [7, 11) is -0.270. The lowest BCUT2D eigenvalue weighted by Gasteiger charge is -2.32. The van der Waals surface area contributed by atoms with Crippen LogP contribution in [0.5, 0.6) is 0 Å². The van der Waals surface area contributed by atoms with Crippen LogP contribution in [0.4, 0.5) is 0 Å². The summed E-state index contributed by atoms with van der Waals surface area (Å²) in [6.45, 7) is 10.5. The summed E-state index contributed by atoms with van der Waals surface area (Å²) < 4.78 is 13.2. The predicted molar refractivity (Wildman–Crippen MR) is 79.2 cm³/mol. The average Bonchev–Trinajstić information content (AvgIpc) is 2.49. The van der Waals surface area contributed by atoms with Gasteiger partial charge in [-0.25, -0.2) is 0 Å². The zero-order valence-electron chi connectivity index (χ0n) is 11.7. The first-order chi connectivity index (χ1) is 8.27. The van der Waals surface area contributed by atoms with Crippen molar-refractivity contribution in [2.24, 2.45) is 0 Å². The molecule has 0 N–H and O–H groups in total. The third-order valence-electron chi connectivity index (χ3n) is 3.98. The molecule has 1 aliphatic rings. The van der Waals surface area contributed by atoms with E-state index in [2.05, 4.69) is 68.7 Å². The zero-order valence-corrected chi connectivity index (χ0v) is 13.3. The third-order valence-corrected chi connectivity index (χ3v) is 4.75. The molecule has 0 radical (unpaired) electrons. The van der Waals surface area contributed by atoms with Gasteiger partial charge in [0.1, 0.15) is 0 Å². The van der Waals surface area contributed by atoms with Crippen LogP contribution in [0.1, 0.15) is 40.2 Å². The molecule has 0 saturated carbocycles. The summed E-state index contributed by atoms with van der Waals surface area (Å²) in [6, 6.07) is 6.29. The van der Waals surface area contributed by atoms with Crippen LogP contribution in [0.2, 0.25) is 0 Å². The normalized spacial score (nSPS) is 21.3. The SMILES string of the molecule is CCc1cc(B2OC(C)(C)C(C)(C)O2)ccc1Br. The molecule has 0 unspecified atom stereocenters. The molecule has 0 aromatic heterocycles. The van der Waals surface area contributed by atoms with E-state index in [1.807, 2.05) is 0 Å². The van der Waals surface area contributed by atoms with Crippen LogP contribution < -0.4 is 5.46 Å². The second-order valence-corrected chi connectivity index (χ2v) is 6.65. The summed E-state index contributed by atoms with van der Waals surface area (Å²) in [5, 5.41) is 0. The van der Waals surface area contributed by atoms with Crippen molar-refractivity contribution in [3.8, 4) is 0 Å². The van der Waals surface area contributed by atoms with E-state index in [-0.39, 0.29) is 18.3 Å². The van der Waals surface area contributed by atoms with E-state index < -0.39 is 0 Å². The van der Waals surface area contributed by atoms with E-state index >= 15 is 0 Å². The third kappa shape index (κ3) is 2.38. The maximum absolute atomic E-state index is 6.05. The number of rotatable bonds is 2. The Bertz CT molecular complexity index is 441. The van der Waals surface area contributed by atoms with Gasteiger partial charge in [-0.1, -0.05) is 35.0 Å². The van der Waals surface area contributed by atoms with Crippen molar-refractivity contribution in [1.29, 1.82) is 0 Å². The molecule has 4 heteroatoms. The van der Waals surface area contributed by atoms with E-state index in [1.165, 1.54) is 5.56 Å². The quantitative estimate of drug-likeness (QED) is 0.780. The van der Waals surface area contributed by atoms with Gasteiger partial charge in [0.2, 0.25) is 0 Å². The molecule has 2 rings (SSSR count). The van der Waals surface area contributed by atoms with Crippen LogP contribution in [0.3, 0.4) is 0 Å². The monoisotopic (exact) mass is 310 g/mol. The maximum atomic E-state index is 6.05. The van der Waals surface area contributed by atoms with Crippen molar-refractivity contribution < 1.29 is 9.31 Å². The fourth-order valence-corrected chi connectivity index (χ4v) is 2.52. The number of hydrogen-bond donors (Lipinski definition) is 0. The molecule has 2 nitrogen and oxygen atoms in total. The Kier molecular flexibility index (Phi) is 3.65. The maximum Gasteiger partial charge on any atom is 0.494 e. The smallest absolute Gasteiger partial charge is 0.399 e. The van der Waals surface area contributed by atoms with Crippen LogP contribution >= 0.6 is 15.9 Å². The van der Waals surface area contributed by atoms with Crippen LogP contribution in [0, 0.1) is 0 Å². The Labute approximate surface area is 118 Å². The summed E-state index contributed by atoms with van der Waals surface area (Å²) in [5.74, 6) is 0. The van der Waals surface area contributed by atoms with Gasteiger partial charge in [-0.3, -0.25) is 0 Å². The highest BCUT2D eigenvalue weighted by Gasteiger charge is 2.51. The minimum Gasteiger partial charge on any atom is -0.399 e. The minimum absolute atomic E-state index is 0.270. The number of hydrogen-bond acceptors (Lipinski definition) is 2. The predicted octanol–water partition coefficient (Wildman–Crippen LogP) is 3.31. The van der Waals surface area contributed by atoms with Gasteiger partial charge < -0.3 is 9.31 Å². The van der Waals surface area contributed by atoms with Crippen molar-refractivity contribution in [3.05, 3.63) is 28.2 Å². The number of aryl methyl sites for hydroxylation is 1. The van der Waals surface area contributed by atoms with Gasteiger partial charge in [0, 0.05) is 4.47 Å². The highest BCUT2D eigenvalue weighted by Crippen LogP contribution is 2.36. The summed E-state index contributed by atoms with van der Waals surface area (Å²) in [6.07, 6.45) is 0.994. The van der Waals surface area contributed by atoms with Crippen LogP contribution in [-0.4, -0.2) is 18.3 Å². The van der Waals surface area contributed by atoms with Crippen LogP contribution in [0.15, 0.2) is 22.7 Å². The highest BCUT2D eigenvalue weighted by atomic mass is 79.9. The lowest BCUT2D eigenvalue weighted by atomic mass is 9.78. The molecule has 1 heterocycles. The molecule has 18 heavy (non-hydrogen) atoms. The van der Waals surface area contributed by atoms with Gasteiger partial charge in [0.05, 0.1) is 11.2 Å². The second-order valence-electron chi connectivity index (χ2n) is 5.79. The second kappa shape index (κ2) is 4.66. The molecular weight excluding hydrogens is 291 g/mol. The topological polar surface area (TPSA) is 18.5 Å². The Morgan fingerprint density at radius 2 is 1.67 bits per heavy atom. The lowest BCUT2D eigenvalue weighted by molar-refractivity contribution is 0.00578. The van der Waals surface area contributed by atoms with E-state index in [9.17, 15) is 0 Å². The Morgan fingerprint density at radius 3 is 2.17 bits per heavy atom. The standard InChI is InChI=1S/C14H20BBrO2/c1-6-10-9-11(7-8-12(10)16)15-17-13(2,3)14(4,5)18-15/h7-9H,6H2,1-5H3. The first kappa shape index (κ1) is 14.1. The molecular formula is C14H20BBrO2. The van der Waals surface area contributed by atoms with Gasteiger partial charge in [0.15, 0.2) is 0 Å². The van der Waals surface area contributed by atoms with Crippen molar-refractivity contribution >= 4 is 28.5 Å². The fourth-order valence-electron chi connectivity index (χ4n) is 1.99. The van der Waals surface area contributed by atoms with Crippen molar-refractivity contribution in [3.63, 3.8) is 0 Å². The molecule has 1 aromatic carbocycles. The molecule has 0 spiro atoms. The fraction of sp³-hybridized carbons (Fsp3) is 0.571. The number of benzene rings is 1. The molecule has 1 fully saturated rings.